The fourth-order valence-electron chi connectivity index (χ4n) is 2.24. The molecule has 0 saturated carbocycles. The van der Waals surface area contributed by atoms with Gasteiger partial charge in [-0.2, -0.15) is 5.26 Å². The van der Waals surface area contributed by atoms with Gasteiger partial charge in [0.25, 0.3) is 0 Å². The summed E-state index contributed by atoms with van der Waals surface area (Å²) in [6.07, 6.45) is 1.70. The third-order valence-corrected chi connectivity index (χ3v) is 5.21. The number of methoxy groups -OCH3 is 1. The number of thiazole rings is 1. The number of ether oxygens (including phenoxy) is 1. The Kier molecular flexibility index (Phi) is 5.40. The van der Waals surface area contributed by atoms with Crippen LogP contribution in [0.5, 0.6) is 5.75 Å². The Bertz CT molecular complexity index is 989. The van der Waals surface area contributed by atoms with Gasteiger partial charge in [-0.15, -0.1) is 11.3 Å². The summed E-state index contributed by atoms with van der Waals surface area (Å²) in [5, 5.41) is 12.9. The standard InChI is InChI=1S/C19H12Cl2N2OS/c1-24-15-6-2-4-12(9-15)17-11-25-19(23-17)14(10-22)8-13-5-3-7-16(20)18(13)21/h2-9,11H,1H3/b14-8-. The van der Waals surface area contributed by atoms with E-state index in [0.29, 0.717) is 26.2 Å². The van der Waals surface area contributed by atoms with Crippen molar-refractivity contribution in [1.29, 1.82) is 5.26 Å². The second kappa shape index (κ2) is 7.71. The Morgan fingerprint density at radius 2 is 2.04 bits per heavy atom. The maximum absolute atomic E-state index is 9.52. The van der Waals surface area contributed by atoms with Gasteiger partial charge in [-0.25, -0.2) is 4.98 Å². The lowest BCUT2D eigenvalue weighted by Crippen LogP contribution is -1.85. The van der Waals surface area contributed by atoms with Gasteiger partial charge in [-0.05, 0) is 29.8 Å². The lowest BCUT2D eigenvalue weighted by atomic mass is 10.1. The Balaban J connectivity index is 1.98. The van der Waals surface area contributed by atoms with Crippen LogP contribution in [0.2, 0.25) is 10.0 Å². The third-order valence-electron chi connectivity index (χ3n) is 3.50. The molecule has 25 heavy (non-hydrogen) atoms. The molecule has 2 aromatic carbocycles. The molecule has 0 amide bonds. The predicted molar refractivity (Wildman–Crippen MR) is 104 cm³/mol. The van der Waals surface area contributed by atoms with Crippen LogP contribution in [0.15, 0.2) is 47.8 Å². The van der Waals surface area contributed by atoms with Crippen LogP contribution in [0.4, 0.5) is 0 Å². The first kappa shape index (κ1) is 17.5. The predicted octanol–water partition coefficient (Wildman–Crippen LogP) is 6.19. The van der Waals surface area contributed by atoms with E-state index >= 15 is 0 Å². The lowest BCUT2D eigenvalue weighted by Gasteiger charge is -2.02. The molecule has 0 aliphatic heterocycles. The molecule has 3 rings (SSSR count). The van der Waals surface area contributed by atoms with E-state index in [0.717, 1.165) is 17.0 Å². The van der Waals surface area contributed by atoms with Gasteiger partial charge in [0.2, 0.25) is 0 Å². The first-order chi connectivity index (χ1) is 12.1. The highest BCUT2D eigenvalue weighted by Gasteiger charge is 2.11. The van der Waals surface area contributed by atoms with E-state index in [1.165, 1.54) is 11.3 Å². The van der Waals surface area contributed by atoms with Gasteiger partial charge >= 0.3 is 0 Å². The number of nitriles is 1. The first-order valence-electron chi connectivity index (χ1n) is 7.28. The van der Waals surface area contributed by atoms with Crippen molar-refractivity contribution in [3.05, 3.63) is 68.5 Å². The molecule has 124 valence electrons. The molecule has 0 atom stereocenters. The monoisotopic (exact) mass is 386 g/mol. The smallest absolute Gasteiger partial charge is 0.134 e. The molecule has 0 unspecified atom stereocenters. The van der Waals surface area contributed by atoms with E-state index in [1.807, 2.05) is 35.7 Å². The minimum absolute atomic E-state index is 0.418. The second-order valence-electron chi connectivity index (χ2n) is 5.08. The van der Waals surface area contributed by atoms with Crippen molar-refractivity contribution in [2.24, 2.45) is 0 Å². The van der Waals surface area contributed by atoms with Crippen LogP contribution in [-0.2, 0) is 0 Å². The highest BCUT2D eigenvalue weighted by molar-refractivity contribution is 7.11. The first-order valence-corrected chi connectivity index (χ1v) is 8.92. The highest BCUT2D eigenvalue weighted by atomic mass is 35.5. The van der Waals surface area contributed by atoms with Crippen molar-refractivity contribution >= 4 is 46.2 Å². The van der Waals surface area contributed by atoms with E-state index < -0.39 is 0 Å². The maximum Gasteiger partial charge on any atom is 0.134 e. The molecule has 0 bridgehead atoms. The molecule has 0 aliphatic carbocycles. The van der Waals surface area contributed by atoms with E-state index in [1.54, 1.807) is 25.3 Å². The summed E-state index contributed by atoms with van der Waals surface area (Å²) in [7, 11) is 1.62. The number of aromatic nitrogens is 1. The summed E-state index contributed by atoms with van der Waals surface area (Å²) < 4.78 is 5.24. The van der Waals surface area contributed by atoms with Crippen LogP contribution >= 0.6 is 34.5 Å². The molecule has 6 heteroatoms. The van der Waals surface area contributed by atoms with Crippen molar-refractivity contribution < 1.29 is 4.74 Å². The molecule has 1 aromatic heterocycles. The number of benzene rings is 2. The zero-order valence-electron chi connectivity index (χ0n) is 13.2. The average molecular weight is 387 g/mol. The van der Waals surface area contributed by atoms with E-state index in [-0.39, 0.29) is 0 Å². The normalized spacial score (nSPS) is 11.2. The van der Waals surface area contributed by atoms with Crippen LogP contribution in [0.25, 0.3) is 22.9 Å². The van der Waals surface area contributed by atoms with Gasteiger partial charge in [0.05, 0.1) is 28.4 Å². The SMILES string of the molecule is COc1cccc(-c2csc(/C(C#N)=C\c3cccc(Cl)c3Cl)n2)c1. The van der Waals surface area contributed by atoms with Crippen LogP contribution < -0.4 is 4.74 Å². The molecular weight excluding hydrogens is 375 g/mol. The fraction of sp³-hybridized carbons (Fsp3) is 0.0526. The molecule has 0 N–H and O–H groups in total. The van der Waals surface area contributed by atoms with Gasteiger partial charge in [-0.3, -0.25) is 0 Å². The maximum atomic E-state index is 9.52. The zero-order valence-corrected chi connectivity index (χ0v) is 15.5. The zero-order chi connectivity index (χ0) is 17.8. The molecule has 0 saturated heterocycles. The van der Waals surface area contributed by atoms with Gasteiger partial charge in [0.15, 0.2) is 0 Å². The molecular formula is C19H12Cl2N2OS. The fourth-order valence-corrected chi connectivity index (χ4v) is 3.40. The van der Waals surface area contributed by atoms with Crippen LogP contribution in [0, 0.1) is 11.3 Å². The average Bonchev–Trinajstić information content (AvgIpc) is 3.13. The van der Waals surface area contributed by atoms with Crippen molar-refractivity contribution in [3.63, 3.8) is 0 Å². The van der Waals surface area contributed by atoms with Gasteiger partial charge in [0.1, 0.15) is 16.8 Å². The van der Waals surface area contributed by atoms with Gasteiger partial charge in [0, 0.05) is 10.9 Å². The molecule has 3 nitrogen and oxygen atoms in total. The van der Waals surface area contributed by atoms with Crippen molar-refractivity contribution in [1.82, 2.24) is 4.98 Å². The molecule has 0 spiro atoms. The topological polar surface area (TPSA) is 45.9 Å². The van der Waals surface area contributed by atoms with Gasteiger partial charge < -0.3 is 4.74 Å². The number of allylic oxidation sites excluding steroid dienone is 1. The largest absolute Gasteiger partial charge is 0.497 e. The second-order valence-corrected chi connectivity index (χ2v) is 6.73. The quantitative estimate of drug-likeness (QED) is 0.502. The minimum atomic E-state index is 0.418. The van der Waals surface area contributed by atoms with Crippen molar-refractivity contribution in [2.75, 3.05) is 7.11 Å². The Morgan fingerprint density at radius 1 is 1.24 bits per heavy atom. The van der Waals surface area contributed by atoms with Crippen LogP contribution in [0.1, 0.15) is 10.6 Å². The molecule has 0 radical (unpaired) electrons. The van der Waals surface area contributed by atoms with E-state index in [4.69, 9.17) is 27.9 Å². The summed E-state index contributed by atoms with van der Waals surface area (Å²) in [5.41, 5.74) is 2.84. The summed E-state index contributed by atoms with van der Waals surface area (Å²) in [6.45, 7) is 0. The van der Waals surface area contributed by atoms with E-state index in [2.05, 4.69) is 11.1 Å². The number of rotatable bonds is 4. The highest BCUT2D eigenvalue weighted by Crippen LogP contribution is 2.31. The Hall–Kier alpha value is -2.32. The number of hydrogen-bond donors (Lipinski definition) is 0. The lowest BCUT2D eigenvalue weighted by molar-refractivity contribution is 0.415. The Morgan fingerprint density at radius 3 is 2.80 bits per heavy atom. The Labute approximate surface area is 159 Å². The number of halogens is 2. The summed E-state index contributed by atoms with van der Waals surface area (Å²) >= 11 is 13.6. The summed E-state index contributed by atoms with van der Waals surface area (Å²) in [4.78, 5) is 4.57. The van der Waals surface area contributed by atoms with Gasteiger partial charge in [-0.1, -0.05) is 47.5 Å². The van der Waals surface area contributed by atoms with Crippen LogP contribution in [-0.4, -0.2) is 12.1 Å². The number of hydrogen-bond acceptors (Lipinski definition) is 4. The molecule has 0 aliphatic rings. The third kappa shape index (κ3) is 3.85. The van der Waals surface area contributed by atoms with Crippen molar-refractivity contribution in [3.8, 4) is 23.1 Å². The van der Waals surface area contributed by atoms with E-state index in [9.17, 15) is 5.26 Å². The molecule has 0 fully saturated rings. The minimum Gasteiger partial charge on any atom is -0.497 e. The van der Waals surface area contributed by atoms with Crippen LogP contribution in [0.3, 0.4) is 0 Å². The van der Waals surface area contributed by atoms with Crippen molar-refractivity contribution in [2.45, 2.75) is 0 Å². The summed E-state index contributed by atoms with van der Waals surface area (Å²) in [5.74, 6) is 0.758. The molecule has 1 heterocycles. The summed E-state index contributed by atoms with van der Waals surface area (Å²) in [6, 6.07) is 15.1. The molecule has 3 aromatic rings. The number of nitrogens with zero attached hydrogens (tertiary/aromatic N) is 2.